The second-order valence-corrected chi connectivity index (χ2v) is 24.8. The zero-order chi connectivity index (χ0) is 46.7. The van der Waals surface area contributed by atoms with E-state index in [1.54, 1.807) is 109 Å². The second kappa shape index (κ2) is 22.4. The van der Waals surface area contributed by atoms with Gasteiger partial charge in [0, 0.05) is 68.6 Å². The van der Waals surface area contributed by atoms with Gasteiger partial charge in [-0.2, -0.15) is 12.9 Å². The minimum Gasteiger partial charge on any atom is -0.207 e. The molecule has 9 nitrogen and oxygen atoms in total. The highest BCUT2D eigenvalue weighted by atomic mass is 32.2. The van der Waals surface area contributed by atoms with Crippen LogP contribution in [0.3, 0.4) is 0 Å². The van der Waals surface area contributed by atoms with Gasteiger partial charge in [0.15, 0.2) is 0 Å². The molecule has 0 radical (unpaired) electrons. The summed E-state index contributed by atoms with van der Waals surface area (Å²) in [7, 11) is -12.2. The van der Waals surface area contributed by atoms with E-state index in [1.165, 1.54) is 48.2 Å². The molecule has 0 aromatic heterocycles. The lowest BCUT2D eigenvalue weighted by Gasteiger charge is -2.21. The maximum absolute atomic E-state index is 14.2. The molecule has 0 amide bonds. The van der Waals surface area contributed by atoms with E-state index in [-0.39, 0.29) is 54.0 Å². The van der Waals surface area contributed by atoms with Crippen LogP contribution in [0, 0.1) is 20.8 Å². The average molecular weight is 994 g/mol. The van der Waals surface area contributed by atoms with Crippen molar-refractivity contribution in [3.63, 3.8) is 0 Å². The monoisotopic (exact) mass is 993 g/mol. The normalized spacial score (nSPS) is 16.8. The van der Waals surface area contributed by atoms with E-state index in [9.17, 15) is 25.3 Å². The Bertz CT molecular complexity index is 2640. The van der Waals surface area contributed by atoms with Crippen LogP contribution in [0.15, 0.2) is 226 Å². The Morgan fingerprint density at radius 3 is 0.636 bits per heavy atom. The molecule has 0 N–H and O–H groups in total. The lowest BCUT2D eigenvalue weighted by atomic mass is 10.2. The van der Waals surface area contributed by atoms with Gasteiger partial charge in [0.1, 0.15) is 0 Å². The lowest BCUT2D eigenvalue weighted by molar-refractivity contribution is 0.465. The molecule has 1 aliphatic heterocycles. The van der Waals surface area contributed by atoms with Crippen LogP contribution in [0.2, 0.25) is 0 Å². The van der Waals surface area contributed by atoms with Crippen molar-refractivity contribution >= 4 is 65.4 Å². The van der Waals surface area contributed by atoms with Gasteiger partial charge in [-0.1, -0.05) is 125 Å². The molecule has 0 unspecified atom stereocenters. The highest BCUT2D eigenvalue weighted by Gasteiger charge is 2.26. The van der Waals surface area contributed by atoms with Gasteiger partial charge < -0.3 is 0 Å². The topological polar surface area (TPSA) is 112 Å². The molecule has 0 bridgehead atoms. The minimum atomic E-state index is -4.06. The van der Waals surface area contributed by atoms with Crippen LogP contribution in [0.4, 0.5) is 0 Å². The maximum Gasteiger partial charge on any atom is 0.243 e. The molecule has 7 rings (SSSR count). The molecule has 0 aliphatic carbocycles. The Kier molecular flexibility index (Phi) is 16.7. The fourth-order valence-electron chi connectivity index (χ4n) is 6.68. The molecule has 6 aromatic carbocycles. The van der Waals surface area contributed by atoms with Crippen LogP contribution in [-0.2, 0) is 30.1 Å². The van der Waals surface area contributed by atoms with Crippen molar-refractivity contribution < 1.29 is 25.3 Å². The van der Waals surface area contributed by atoms with Crippen LogP contribution in [-0.4, -0.2) is 77.4 Å². The van der Waals surface area contributed by atoms with Crippen LogP contribution < -0.4 is 0 Å². The van der Waals surface area contributed by atoms with Crippen LogP contribution in [0.25, 0.3) is 0 Å². The number of nitrogens with zero attached hydrogens (tertiary/aromatic N) is 3. The van der Waals surface area contributed by atoms with E-state index in [4.69, 9.17) is 0 Å². The largest absolute Gasteiger partial charge is 0.243 e. The Morgan fingerprint density at radius 1 is 0.288 bits per heavy atom. The fourth-order valence-corrected chi connectivity index (χ4v) is 13.2. The fraction of sp³-hybridized carbons (Fsp3) is 0.176. The zero-order valence-corrected chi connectivity index (χ0v) is 41.7. The van der Waals surface area contributed by atoms with Gasteiger partial charge in [-0.15, -0.1) is 0 Å². The molecule has 0 atom stereocenters. The van der Waals surface area contributed by atoms with Crippen LogP contribution in [0.5, 0.6) is 0 Å². The van der Waals surface area contributed by atoms with Gasteiger partial charge in [0.05, 0.1) is 14.7 Å². The SMILES string of the molecule is Cc1ccc(Sc2ccc(S(=O)(=O)N3C/C=C/CN(S(=O)(=O)c4ccc(Sc5ccc(C)cc5)cc4)C/C=C/CN(S(=O)(=O)c4ccc(Sc5ccc(C)cc5)cc4)C/C=C/C3)cc2)cc1. The number of aryl methyl sites for hydroxylation is 3. The van der Waals surface area contributed by atoms with Crippen LogP contribution >= 0.6 is 35.3 Å². The number of sulfonamides is 3. The standard InChI is InChI=1S/C51H51N3O6S6/c1-40-10-16-43(17-11-40)61-46-22-28-49(29-23-46)64(55,56)52-34-4-6-36-53(65(57,58)50-30-24-47(25-31-50)62-44-18-12-41(2)13-19-44)38-8-9-39-54(37-7-5-35-52)66(59,60)51-32-26-48(27-33-51)63-45-20-14-42(3)15-21-45/h4-33H,34-39H2,1-3H3/b6-4+,7-5+,9-8+. The van der Waals surface area contributed by atoms with E-state index < -0.39 is 30.1 Å². The Labute approximate surface area is 403 Å². The van der Waals surface area contributed by atoms with Crippen LogP contribution in [0.1, 0.15) is 16.7 Å². The molecule has 0 saturated heterocycles. The first-order valence-corrected chi connectivity index (χ1v) is 27.9. The molecule has 15 heteroatoms. The van der Waals surface area contributed by atoms with E-state index >= 15 is 0 Å². The van der Waals surface area contributed by atoms with E-state index in [0.717, 1.165) is 46.1 Å². The van der Waals surface area contributed by atoms with Gasteiger partial charge >= 0.3 is 0 Å². The minimum absolute atomic E-state index is 0.0594. The van der Waals surface area contributed by atoms with Gasteiger partial charge in [-0.25, -0.2) is 25.3 Å². The molecule has 1 heterocycles. The van der Waals surface area contributed by atoms with Gasteiger partial charge in [0.25, 0.3) is 0 Å². The molecule has 1 aliphatic rings. The van der Waals surface area contributed by atoms with Crippen molar-refractivity contribution in [1.29, 1.82) is 0 Å². The molecule has 0 fully saturated rings. The number of rotatable bonds is 12. The Hall–Kier alpha value is -4.68. The second-order valence-electron chi connectivity index (χ2n) is 15.5. The van der Waals surface area contributed by atoms with E-state index in [1.807, 2.05) is 93.6 Å². The molecule has 66 heavy (non-hydrogen) atoms. The summed E-state index contributed by atoms with van der Waals surface area (Å²) in [6.07, 6.45) is 9.90. The van der Waals surface area contributed by atoms with Crippen molar-refractivity contribution in [2.45, 2.75) is 64.8 Å². The molecular formula is C51H51N3O6S6. The van der Waals surface area contributed by atoms with Crippen molar-refractivity contribution in [2.75, 3.05) is 39.3 Å². The smallest absolute Gasteiger partial charge is 0.207 e. The maximum atomic E-state index is 14.2. The summed E-state index contributed by atoms with van der Waals surface area (Å²) in [5.74, 6) is 0. The number of hydrogen-bond acceptors (Lipinski definition) is 9. The molecule has 0 spiro atoms. The lowest BCUT2D eigenvalue weighted by Crippen LogP contribution is -2.33. The predicted molar refractivity (Wildman–Crippen MR) is 269 cm³/mol. The third kappa shape index (κ3) is 13.1. The highest BCUT2D eigenvalue weighted by Crippen LogP contribution is 2.32. The quantitative estimate of drug-likeness (QED) is 0.111. The number of benzene rings is 6. The third-order valence-electron chi connectivity index (χ3n) is 10.5. The van der Waals surface area contributed by atoms with Crippen molar-refractivity contribution in [1.82, 2.24) is 12.9 Å². The average Bonchev–Trinajstić information content (AvgIpc) is 3.31. The van der Waals surface area contributed by atoms with Crippen molar-refractivity contribution in [3.05, 3.63) is 199 Å². The first kappa shape index (κ1) is 49.2. The first-order chi connectivity index (χ1) is 31.7. The third-order valence-corrected chi connectivity index (χ3v) is 19.1. The van der Waals surface area contributed by atoms with Gasteiger partial charge in [0.2, 0.25) is 30.1 Å². The summed E-state index contributed by atoms with van der Waals surface area (Å²) in [6, 6.07) is 44.4. The number of hydrogen-bond donors (Lipinski definition) is 0. The van der Waals surface area contributed by atoms with Gasteiger partial charge in [-0.3, -0.25) is 0 Å². The summed E-state index contributed by atoms with van der Waals surface area (Å²) in [5, 5.41) is 0. The molecule has 6 aromatic rings. The summed E-state index contributed by atoms with van der Waals surface area (Å²) in [6.45, 7) is 5.71. The zero-order valence-electron chi connectivity index (χ0n) is 36.8. The predicted octanol–water partition coefficient (Wildman–Crippen LogP) is 11.1. The summed E-state index contributed by atoms with van der Waals surface area (Å²) in [4.78, 5) is 6.02. The summed E-state index contributed by atoms with van der Waals surface area (Å²) < 4.78 is 89.3. The first-order valence-electron chi connectivity index (χ1n) is 21.2. The summed E-state index contributed by atoms with van der Waals surface area (Å²) >= 11 is 4.59. The van der Waals surface area contributed by atoms with Crippen molar-refractivity contribution in [3.8, 4) is 0 Å². The highest BCUT2D eigenvalue weighted by molar-refractivity contribution is 8.00. The van der Waals surface area contributed by atoms with E-state index in [0.29, 0.717) is 0 Å². The Balaban J connectivity index is 1.15. The van der Waals surface area contributed by atoms with Gasteiger partial charge in [-0.05, 0) is 130 Å². The Morgan fingerprint density at radius 2 is 0.455 bits per heavy atom. The van der Waals surface area contributed by atoms with Crippen molar-refractivity contribution in [2.24, 2.45) is 0 Å². The summed E-state index contributed by atoms with van der Waals surface area (Å²) in [5.41, 5.74) is 3.44. The van der Waals surface area contributed by atoms with E-state index in [2.05, 4.69) is 0 Å². The molecule has 342 valence electrons. The molecule has 0 saturated carbocycles. The molecular weight excluding hydrogens is 943 g/mol.